The molecular weight excluding hydrogens is 412 g/mol. The lowest BCUT2D eigenvalue weighted by atomic mass is 9.72. The number of hydrogen-bond donors (Lipinski definition) is 2. The molecule has 0 radical (unpaired) electrons. The predicted octanol–water partition coefficient (Wildman–Crippen LogP) is 7.09. The summed E-state index contributed by atoms with van der Waals surface area (Å²) in [4.78, 5) is 0. The Balaban J connectivity index is 1.72. The summed E-state index contributed by atoms with van der Waals surface area (Å²) in [6, 6.07) is 29.8. The largest absolute Gasteiger partial charge is 0.328 e. The van der Waals surface area contributed by atoms with E-state index < -0.39 is 0 Å². The van der Waals surface area contributed by atoms with Crippen molar-refractivity contribution in [2.45, 2.75) is 88.6 Å². The molecule has 0 aliphatic heterocycles. The summed E-state index contributed by atoms with van der Waals surface area (Å²) >= 11 is 0. The van der Waals surface area contributed by atoms with Crippen LogP contribution in [-0.4, -0.2) is 12.1 Å². The van der Waals surface area contributed by atoms with Gasteiger partial charge in [-0.1, -0.05) is 91.7 Å². The molecule has 0 saturated heterocycles. The Hall–Kier alpha value is -2.42. The first-order chi connectivity index (χ1) is 16.5. The molecule has 180 valence electrons. The molecule has 0 saturated carbocycles. The molecule has 34 heavy (non-hydrogen) atoms. The maximum atomic E-state index is 6.13. The number of nitrogens with two attached hydrogens (primary N) is 2. The van der Waals surface area contributed by atoms with Crippen LogP contribution in [0.15, 0.2) is 78.9 Å². The van der Waals surface area contributed by atoms with Gasteiger partial charge in [-0.05, 0) is 85.6 Å². The van der Waals surface area contributed by atoms with Gasteiger partial charge in [0, 0.05) is 18.0 Å². The quantitative estimate of drug-likeness (QED) is 0.304. The molecule has 4 rings (SSSR count). The van der Waals surface area contributed by atoms with Gasteiger partial charge in [-0.2, -0.15) is 0 Å². The summed E-state index contributed by atoms with van der Waals surface area (Å²) < 4.78 is 0. The van der Waals surface area contributed by atoms with Gasteiger partial charge in [0.1, 0.15) is 0 Å². The highest BCUT2D eigenvalue weighted by molar-refractivity contribution is 5.49. The average Bonchev–Trinajstić information content (AvgIpc) is 3.18. The summed E-state index contributed by atoms with van der Waals surface area (Å²) in [5.74, 6) is 0.249. The molecule has 1 aliphatic carbocycles. The molecule has 0 aromatic heterocycles. The van der Waals surface area contributed by atoms with Gasteiger partial charge < -0.3 is 11.5 Å². The van der Waals surface area contributed by atoms with Gasteiger partial charge in [-0.15, -0.1) is 0 Å². The lowest BCUT2D eigenvalue weighted by Crippen LogP contribution is -2.26. The Kier molecular flexibility index (Phi) is 8.24. The average molecular weight is 455 g/mol. The van der Waals surface area contributed by atoms with E-state index in [0.717, 1.165) is 12.8 Å². The van der Waals surface area contributed by atoms with Crippen LogP contribution in [0.4, 0.5) is 0 Å². The van der Waals surface area contributed by atoms with Crippen LogP contribution in [0.25, 0.3) is 0 Å². The van der Waals surface area contributed by atoms with Crippen LogP contribution in [0.3, 0.4) is 0 Å². The number of fused-ring (bicyclic) bond motifs is 1. The molecule has 2 atom stereocenters. The molecule has 1 aliphatic rings. The van der Waals surface area contributed by atoms with E-state index in [1.807, 2.05) is 0 Å². The van der Waals surface area contributed by atoms with Crippen molar-refractivity contribution in [1.82, 2.24) is 0 Å². The zero-order valence-electron chi connectivity index (χ0n) is 21.0. The van der Waals surface area contributed by atoms with E-state index in [9.17, 15) is 0 Å². The highest BCUT2D eigenvalue weighted by atomic mass is 14.6. The Bertz CT molecular complexity index is 970. The molecule has 4 N–H and O–H groups in total. The van der Waals surface area contributed by atoms with Gasteiger partial charge in [0.2, 0.25) is 0 Å². The predicted molar refractivity (Wildman–Crippen MR) is 145 cm³/mol. The maximum absolute atomic E-state index is 6.13. The number of aryl methyl sites for hydroxylation is 1. The first-order valence-electron chi connectivity index (χ1n) is 13.2. The number of benzene rings is 3. The van der Waals surface area contributed by atoms with Crippen LogP contribution in [-0.2, 0) is 11.8 Å². The van der Waals surface area contributed by atoms with E-state index in [-0.39, 0.29) is 23.4 Å². The summed E-state index contributed by atoms with van der Waals surface area (Å²) in [5, 5.41) is 0. The second kappa shape index (κ2) is 11.3. The van der Waals surface area contributed by atoms with Gasteiger partial charge in [0.25, 0.3) is 0 Å². The van der Waals surface area contributed by atoms with E-state index in [4.69, 9.17) is 11.5 Å². The minimum Gasteiger partial charge on any atom is -0.328 e. The van der Waals surface area contributed by atoms with Crippen molar-refractivity contribution in [2.75, 3.05) is 0 Å². The monoisotopic (exact) mass is 454 g/mol. The third kappa shape index (κ3) is 5.79. The molecule has 0 spiro atoms. The van der Waals surface area contributed by atoms with Crippen molar-refractivity contribution in [3.8, 4) is 0 Å². The molecule has 2 unspecified atom stereocenters. The SMILES string of the molecule is CC(N)CCCC1(CCCC(C)N)CCc2ccc(C(c3ccccc3)c3ccccc3)cc21. The van der Waals surface area contributed by atoms with Crippen LogP contribution in [0.5, 0.6) is 0 Å². The first-order valence-corrected chi connectivity index (χ1v) is 13.2. The summed E-state index contributed by atoms with van der Waals surface area (Å²) in [6.07, 6.45) is 9.48. The molecule has 0 amide bonds. The van der Waals surface area contributed by atoms with Crippen molar-refractivity contribution in [1.29, 1.82) is 0 Å². The Morgan fingerprint density at radius 2 is 1.24 bits per heavy atom. The second-order valence-corrected chi connectivity index (χ2v) is 10.7. The number of hydrogen-bond acceptors (Lipinski definition) is 2. The van der Waals surface area contributed by atoms with Gasteiger partial charge in [0.15, 0.2) is 0 Å². The fourth-order valence-electron chi connectivity index (χ4n) is 6.03. The van der Waals surface area contributed by atoms with Crippen molar-refractivity contribution in [3.05, 3.63) is 107 Å². The minimum absolute atomic E-state index is 0.249. The second-order valence-electron chi connectivity index (χ2n) is 10.7. The normalized spacial score (nSPS) is 19.2. The molecule has 2 heteroatoms. The molecule has 0 bridgehead atoms. The van der Waals surface area contributed by atoms with E-state index in [2.05, 4.69) is 92.7 Å². The first kappa shape index (κ1) is 24.7. The van der Waals surface area contributed by atoms with Crippen LogP contribution in [0, 0.1) is 0 Å². The zero-order chi connectivity index (χ0) is 24.0. The standard InChI is InChI=1S/C32H42N2/c1-24(33)11-9-20-32(21-10-12-25(2)34)22-19-26-17-18-29(23-30(26)32)31(27-13-5-3-6-14-27)28-15-7-4-8-16-28/h3-8,13-18,23-25,31H,9-12,19-22,33-34H2,1-2H3. The minimum atomic E-state index is 0.249. The molecule has 2 nitrogen and oxygen atoms in total. The van der Waals surface area contributed by atoms with Gasteiger partial charge in [-0.3, -0.25) is 0 Å². The van der Waals surface area contributed by atoms with Gasteiger partial charge in [-0.25, -0.2) is 0 Å². The molecule has 0 heterocycles. The van der Waals surface area contributed by atoms with Gasteiger partial charge in [0.05, 0.1) is 0 Å². The van der Waals surface area contributed by atoms with Crippen LogP contribution < -0.4 is 11.5 Å². The van der Waals surface area contributed by atoms with E-state index in [1.54, 1.807) is 11.1 Å². The van der Waals surface area contributed by atoms with Crippen molar-refractivity contribution in [3.63, 3.8) is 0 Å². The van der Waals surface area contributed by atoms with Crippen LogP contribution in [0.2, 0.25) is 0 Å². The Morgan fingerprint density at radius 1 is 0.706 bits per heavy atom. The van der Waals surface area contributed by atoms with E-state index in [0.29, 0.717) is 0 Å². The summed E-state index contributed by atoms with van der Waals surface area (Å²) in [7, 11) is 0. The van der Waals surface area contributed by atoms with Crippen molar-refractivity contribution >= 4 is 0 Å². The smallest absolute Gasteiger partial charge is 0.0340 e. The topological polar surface area (TPSA) is 52.0 Å². The fourth-order valence-corrected chi connectivity index (χ4v) is 6.03. The molecular formula is C32H42N2. The Morgan fingerprint density at radius 3 is 1.74 bits per heavy atom. The zero-order valence-corrected chi connectivity index (χ0v) is 21.0. The fraction of sp³-hybridized carbons (Fsp3) is 0.438. The van der Waals surface area contributed by atoms with Crippen molar-refractivity contribution < 1.29 is 0 Å². The van der Waals surface area contributed by atoms with Crippen molar-refractivity contribution in [2.24, 2.45) is 11.5 Å². The maximum Gasteiger partial charge on any atom is 0.0340 e. The highest BCUT2D eigenvalue weighted by Crippen LogP contribution is 2.48. The highest BCUT2D eigenvalue weighted by Gasteiger charge is 2.38. The number of rotatable bonds is 11. The third-order valence-electron chi connectivity index (χ3n) is 7.81. The molecule has 0 fully saturated rings. The molecule has 3 aromatic rings. The van der Waals surface area contributed by atoms with Gasteiger partial charge >= 0.3 is 0 Å². The summed E-state index contributed by atoms with van der Waals surface area (Å²) in [6.45, 7) is 4.27. The van der Waals surface area contributed by atoms with Crippen LogP contribution >= 0.6 is 0 Å². The lowest BCUT2D eigenvalue weighted by Gasteiger charge is -2.32. The lowest BCUT2D eigenvalue weighted by molar-refractivity contribution is 0.328. The van der Waals surface area contributed by atoms with E-state index >= 15 is 0 Å². The third-order valence-corrected chi connectivity index (χ3v) is 7.81. The molecule has 3 aromatic carbocycles. The van der Waals surface area contributed by atoms with Crippen LogP contribution in [0.1, 0.15) is 92.5 Å². The van der Waals surface area contributed by atoms with E-state index in [1.165, 1.54) is 55.2 Å². The Labute approximate surface area is 206 Å². The summed E-state index contributed by atoms with van der Waals surface area (Å²) in [5.41, 5.74) is 19.8.